The smallest absolute Gasteiger partial charge is 0.215 e. The molecule has 0 aromatic rings. The Labute approximate surface area is 98.8 Å². The summed E-state index contributed by atoms with van der Waals surface area (Å²) in [6.45, 7) is 6.45. The Hall–Kier alpha value is -0.170. The van der Waals surface area contributed by atoms with E-state index >= 15 is 0 Å². The lowest BCUT2D eigenvalue weighted by Gasteiger charge is -2.31. The average Bonchev–Trinajstić information content (AvgIpc) is 2.25. The van der Waals surface area contributed by atoms with Crippen LogP contribution in [-0.2, 0) is 10.0 Å². The van der Waals surface area contributed by atoms with Gasteiger partial charge >= 0.3 is 0 Å². The highest BCUT2D eigenvalue weighted by Crippen LogP contribution is 2.06. The second kappa shape index (κ2) is 6.54. The summed E-state index contributed by atoms with van der Waals surface area (Å²) in [6, 6.07) is 0. The Kier molecular flexibility index (Phi) is 5.68. The van der Waals surface area contributed by atoms with Gasteiger partial charge in [-0.15, -0.1) is 0 Å². The predicted octanol–water partition coefficient (Wildman–Crippen LogP) is -0.437. The summed E-state index contributed by atoms with van der Waals surface area (Å²) in [5.74, 6) is 0.219. The van der Waals surface area contributed by atoms with Gasteiger partial charge in [-0.05, 0) is 20.0 Å². The van der Waals surface area contributed by atoms with Crippen LogP contribution in [0.3, 0.4) is 0 Å². The van der Waals surface area contributed by atoms with E-state index in [1.54, 1.807) is 4.31 Å². The number of nitrogens with zero attached hydrogens (tertiary/aromatic N) is 2. The highest BCUT2D eigenvalue weighted by atomic mass is 32.2. The minimum absolute atomic E-state index is 0.219. The maximum Gasteiger partial charge on any atom is 0.215 e. The van der Waals surface area contributed by atoms with E-state index in [1.807, 2.05) is 7.05 Å². The second-order valence-corrected chi connectivity index (χ2v) is 6.36. The summed E-state index contributed by atoms with van der Waals surface area (Å²) in [5.41, 5.74) is 0. The molecule has 96 valence electrons. The highest BCUT2D eigenvalue weighted by molar-refractivity contribution is 7.89. The molecule has 0 unspecified atom stereocenters. The van der Waals surface area contributed by atoms with Crippen molar-refractivity contribution in [2.24, 2.45) is 0 Å². The van der Waals surface area contributed by atoms with Crippen LogP contribution in [0.5, 0.6) is 0 Å². The number of hydrogen-bond acceptors (Lipinski definition) is 4. The van der Waals surface area contributed by atoms with E-state index in [-0.39, 0.29) is 5.75 Å². The van der Waals surface area contributed by atoms with E-state index in [9.17, 15) is 8.42 Å². The Morgan fingerprint density at radius 1 is 1.12 bits per heavy atom. The van der Waals surface area contributed by atoms with Gasteiger partial charge in [-0.25, -0.2) is 8.42 Å². The van der Waals surface area contributed by atoms with Gasteiger partial charge in [-0.3, -0.25) is 0 Å². The molecule has 0 bridgehead atoms. The molecule has 1 heterocycles. The molecule has 1 fully saturated rings. The summed E-state index contributed by atoms with van der Waals surface area (Å²) >= 11 is 0. The minimum Gasteiger partial charge on any atom is -0.316 e. The number of hydrogen-bond donors (Lipinski definition) is 1. The maximum atomic E-state index is 11.9. The fourth-order valence-electron chi connectivity index (χ4n) is 1.70. The fourth-order valence-corrected chi connectivity index (χ4v) is 3.08. The minimum atomic E-state index is -3.04. The van der Waals surface area contributed by atoms with E-state index in [0.717, 1.165) is 26.1 Å². The van der Waals surface area contributed by atoms with Crippen LogP contribution in [0.25, 0.3) is 0 Å². The topological polar surface area (TPSA) is 52.7 Å². The van der Waals surface area contributed by atoms with Gasteiger partial charge in [0.2, 0.25) is 10.0 Å². The molecule has 5 nitrogen and oxygen atoms in total. The number of rotatable bonds is 6. The molecule has 0 spiro atoms. The fraction of sp³-hybridized carbons (Fsp3) is 1.00. The van der Waals surface area contributed by atoms with E-state index in [2.05, 4.69) is 17.1 Å². The van der Waals surface area contributed by atoms with Gasteiger partial charge in [-0.2, -0.15) is 4.31 Å². The molecule has 0 aromatic heterocycles. The van der Waals surface area contributed by atoms with Crippen LogP contribution in [0.4, 0.5) is 0 Å². The number of sulfonamides is 1. The van der Waals surface area contributed by atoms with Crippen molar-refractivity contribution in [1.29, 1.82) is 0 Å². The Morgan fingerprint density at radius 2 is 1.75 bits per heavy atom. The third-order valence-corrected chi connectivity index (χ3v) is 4.69. The van der Waals surface area contributed by atoms with Gasteiger partial charge in [0.15, 0.2) is 0 Å². The molecule has 1 aliphatic heterocycles. The zero-order valence-corrected chi connectivity index (χ0v) is 11.1. The van der Waals surface area contributed by atoms with Crippen LogP contribution in [-0.4, -0.2) is 69.7 Å². The number of piperazine rings is 1. The number of nitrogens with one attached hydrogen (secondary N) is 1. The van der Waals surface area contributed by atoms with Crippen molar-refractivity contribution in [3.63, 3.8) is 0 Å². The first-order valence-electron chi connectivity index (χ1n) is 5.93. The lowest BCUT2D eigenvalue weighted by Crippen LogP contribution is -2.48. The Balaban J connectivity index is 2.33. The van der Waals surface area contributed by atoms with Crippen molar-refractivity contribution in [1.82, 2.24) is 14.5 Å². The lowest BCUT2D eigenvalue weighted by atomic mass is 10.4. The monoisotopic (exact) mass is 249 g/mol. The van der Waals surface area contributed by atoms with Gasteiger partial charge in [0.05, 0.1) is 5.75 Å². The van der Waals surface area contributed by atoms with Gasteiger partial charge in [-0.1, -0.05) is 6.92 Å². The zero-order chi connectivity index (χ0) is 12.0. The SMILES string of the molecule is CCCNCCS(=O)(=O)N1CCN(C)CC1. The largest absolute Gasteiger partial charge is 0.316 e. The molecular weight excluding hydrogens is 226 g/mol. The molecule has 0 aliphatic carbocycles. The molecule has 1 aliphatic rings. The molecule has 6 heteroatoms. The van der Waals surface area contributed by atoms with Gasteiger partial charge < -0.3 is 10.2 Å². The summed E-state index contributed by atoms with van der Waals surface area (Å²) in [5, 5.41) is 3.12. The van der Waals surface area contributed by atoms with E-state index in [4.69, 9.17) is 0 Å². The van der Waals surface area contributed by atoms with Crippen molar-refractivity contribution in [3.8, 4) is 0 Å². The van der Waals surface area contributed by atoms with Crippen LogP contribution < -0.4 is 5.32 Å². The molecule has 0 aromatic carbocycles. The summed E-state index contributed by atoms with van der Waals surface area (Å²) in [6.07, 6.45) is 1.04. The first kappa shape index (κ1) is 13.9. The van der Waals surface area contributed by atoms with E-state index in [0.29, 0.717) is 19.6 Å². The van der Waals surface area contributed by atoms with E-state index < -0.39 is 10.0 Å². The average molecular weight is 249 g/mol. The predicted molar refractivity (Wildman–Crippen MR) is 66.0 cm³/mol. The van der Waals surface area contributed by atoms with Crippen molar-refractivity contribution in [3.05, 3.63) is 0 Å². The molecule has 16 heavy (non-hydrogen) atoms. The van der Waals surface area contributed by atoms with Crippen LogP contribution >= 0.6 is 0 Å². The molecule has 1 rings (SSSR count). The second-order valence-electron chi connectivity index (χ2n) is 4.27. The Bertz CT molecular complexity index is 284. The third kappa shape index (κ3) is 4.37. The summed E-state index contributed by atoms with van der Waals surface area (Å²) in [4.78, 5) is 2.15. The lowest BCUT2D eigenvalue weighted by molar-refractivity contribution is 0.222. The zero-order valence-electron chi connectivity index (χ0n) is 10.3. The normalized spacial score (nSPS) is 20.1. The molecule has 0 saturated carbocycles. The molecule has 1 saturated heterocycles. The Morgan fingerprint density at radius 3 is 2.31 bits per heavy atom. The number of likely N-dealkylation sites (N-methyl/N-ethyl adjacent to an activating group) is 1. The van der Waals surface area contributed by atoms with Gasteiger partial charge in [0, 0.05) is 32.7 Å². The van der Waals surface area contributed by atoms with Crippen LogP contribution in [0.2, 0.25) is 0 Å². The molecular formula is C10H23N3O2S. The van der Waals surface area contributed by atoms with Crippen molar-refractivity contribution < 1.29 is 8.42 Å². The molecule has 0 atom stereocenters. The first-order chi connectivity index (χ1) is 7.56. The van der Waals surface area contributed by atoms with Gasteiger partial charge in [0.1, 0.15) is 0 Å². The van der Waals surface area contributed by atoms with Crippen LogP contribution in [0, 0.1) is 0 Å². The molecule has 1 N–H and O–H groups in total. The van der Waals surface area contributed by atoms with E-state index in [1.165, 1.54) is 0 Å². The van der Waals surface area contributed by atoms with Crippen LogP contribution in [0.15, 0.2) is 0 Å². The van der Waals surface area contributed by atoms with Crippen molar-refractivity contribution in [2.75, 3.05) is 52.1 Å². The van der Waals surface area contributed by atoms with Gasteiger partial charge in [0.25, 0.3) is 0 Å². The standard InChI is InChI=1S/C10H23N3O2S/c1-3-4-11-5-10-16(14,15)13-8-6-12(2)7-9-13/h11H,3-10H2,1-2H3. The highest BCUT2D eigenvalue weighted by Gasteiger charge is 2.24. The van der Waals surface area contributed by atoms with Crippen molar-refractivity contribution in [2.45, 2.75) is 13.3 Å². The molecule has 0 amide bonds. The van der Waals surface area contributed by atoms with Crippen LogP contribution in [0.1, 0.15) is 13.3 Å². The summed E-state index contributed by atoms with van der Waals surface area (Å²) < 4.78 is 25.5. The molecule has 0 radical (unpaired) electrons. The van der Waals surface area contributed by atoms with Crippen molar-refractivity contribution >= 4 is 10.0 Å². The third-order valence-electron chi connectivity index (χ3n) is 2.82. The maximum absolute atomic E-state index is 11.9. The first-order valence-corrected chi connectivity index (χ1v) is 7.54. The quantitative estimate of drug-likeness (QED) is 0.649. The summed E-state index contributed by atoms with van der Waals surface area (Å²) in [7, 11) is -1.02.